The fraction of sp³-hybridized carbons (Fsp3) is 0.364. The molecule has 0 radical (unpaired) electrons. The van der Waals surface area contributed by atoms with Crippen LogP contribution >= 0.6 is 0 Å². The lowest BCUT2D eigenvalue weighted by atomic mass is 9.99. The molecule has 3 heteroatoms. The van der Waals surface area contributed by atoms with Gasteiger partial charge in [0.25, 0.3) is 0 Å². The summed E-state index contributed by atoms with van der Waals surface area (Å²) in [6.45, 7) is 1.80. The zero-order valence-corrected chi connectivity index (χ0v) is 8.11. The van der Waals surface area contributed by atoms with E-state index < -0.39 is 0 Å². The van der Waals surface area contributed by atoms with Gasteiger partial charge in [0.05, 0.1) is 0 Å². The van der Waals surface area contributed by atoms with Gasteiger partial charge >= 0.3 is 0 Å². The summed E-state index contributed by atoms with van der Waals surface area (Å²) >= 11 is 0. The Morgan fingerprint density at radius 3 is 2.64 bits per heavy atom. The minimum absolute atomic E-state index is 0.198. The van der Waals surface area contributed by atoms with Gasteiger partial charge in [-0.25, -0.2) is 0 Å². The fourth-order valence-electron chi connectivity index (χ4n) is 1.98. The van der Waals surface area contributed by atoms with Gasteiger partial charge in [0.1, 0.15) is 0 Å². The van der Waals surface area contributed by atoms with Gasteiger partial charge in [-0.15, -0.1) is 0 Å². The van der Waals surface area contributed by atoms with Crippen molar-refractivity contribution in [3.63, 3.8) is 0 Å². The van der Waals surface area contributed by atoms with E-state index in [-0.39, 0.29) is 5.96 Å². The van der Waals surface area contributed by atoms with Gasteiger partial charge < -0.3 is 10.6 Å². The molecule has 14 heavy (non-hydrogen) atoms. The largest absolute Gasteiger partial charge is 0.370 e. The second kappa shape index (κ2) is 3.70. The van der Waals surface area contributed by atoms with Gasteiger partial charge in [0, 0.05) is 19.0 Å². The molecule has 74 valence electrons. The van der Waals surface area contributed by atoms with Crippen LogP contribution in [0.25, 0.3) is 0 Å². The summed E-state index contributed by atoms with van der Waals surface area (Å²) in [5.74, 6) is 0.739. The highest BCUT2D eigenvalue weighted by Gasteiger charge is 2.23. The number of likely N-dealkylation sites (tertiary alicyclic amines) is 1. The maximum atomic E-state index is 7.35. The molecule has 1 fully saturated rings. The maximum absolute atomic E-state index is 7.35. The van der Waals surface area contributed by atoms with E-state index in [1.807, 2.05) is 11.0 Å². The van der Waals surface area contributed by atoms with Crippen molar-refractivity contribution in [1.82, 2.24) is 4.90 Å². The molecule has 1 aromatic rings. The van der Waals surface area contributed by atoms with Crippen molar-refractivity contribution in [2.75, 3.05) is 13.1 Å². The Morgan fingerprint density at radius 2 is 2.07 bits per heavy atom. The van der Waals surface area contributed by atoms with Crippen LogP contribution in [-0.4, -0.2) is 23.9 Å². The number of benzene rings is 1. The van der Waals surface area contributed by atoms with Crippen LogP contribution in [0.1, 0.15) is 17.9 Å². The molecule has 1 aliphatic heterocycles. The number of nitrogens with zero attached hydrogens (tertiary/aromatic N) is 1. The second-order valence-electron chi connectivity index (χ2n) is 3.73. The van der Waals surface area contributed by atoms with Crippen molar-refractivity contribution in [2.24, 2.45) is 5.73 Å². The summed E-state index contributed by atoms with van der Waals surface area (Å²) in [6.07, 6.45) is 1.10. The van der Waals surface area contributed by atoms with Crippen molar-refractivity contribution in [3.8, 4) is 0 Å². The molecule has 0 saturated carbocycles. The number of nitrogens with one attached hydrogen (secondary N) is 1. The topological polar surface area (TPSA) is 53.1 Å². The van der Waals surface area contributed by atoms with E-state index >= 15 is 0 Å². The predicted molar refractivity (Wildman–Crippen MR) is 57.3 cm³/mol. The predicted octanol–water partition coefficient (Wildman–Crippen LogP) is 1.37. The molecule has 0 aromatic heterocycles. The van der Waals surface area contributed by atoms with Crippen LogP contribution in [0.4, 0.5) is 0 Å². The first-order chi connectivity index (χ1) is 6.77. The highest BCUT2D eigenvalue weighted by molar-refractivity contribution is 5.75. The van der Waals surface area contributed by atoms with E-state index in [1.54, 1.807) is 0 Å². The van der Waals surface area contributed by atoms with Crippen LogP contribution in [0.5, 0.6) is 0 Å². The summed E-state index contributed by atoms with van der Waals surface area (Å²) in [5.41, 5.74) is 6.80. The van der Waals surface area contributed by atoms with Gasteiger partial charge in [-0.3, -0.25) is 5.41 Å². The molecule has 0 spiro atoms. The lowest BCUT2D eigenvalue weighted by molar-refractivity contribution is 0.501. The van der Waals surface area contributed by atoms with E-state index in [0.29, 0.717) is 5.92 Å². The molecular weight excluding hydrogens is 174 g/mol. The number of hydrogen-bond donors (Lipinski definition) is 2. The molecule has 1 aromatic carbocycles. The van der Waals surface area contributed by atoms with E-state index in [9.17, 15) is 0 Å². The highest BCUT2D eigenvalue weighted by atomic mass is 15.2. The fourth-order valence-corrected chi connectivity index (χ4v) is 1.98. The first-order valence-corrected chi connectivity index (χ1v) is 4.91. The lowest BCUT2D eigenvalue weighted by Crippen LogP contribution is -2.34. The SMILES string of the molecule is N=C(N)N1CCC(c2ccccc2)C1. The Bertz CT molecular complexity index is 321. The highest BCUT2D eigenvalue weighted by Crippen LogP contribution is 2.26. The molecule has 1 unspecified atom stereocenters. The molecule has 1 aliphatic rings. The minimum atomic E-state index is 0.198. The lowest BCUT2D eigenvalue weighted by Gasteiger charge is -2.15. The van der Waals surface area contributed by atoms with E-state index in [1.165, 1.54) is 5.56 Å². The first-order valence-electron chi connectivity index (χ1n) is 4.91. The average Bonchev–Trinajstić information content (AvgIpc) is 2.68. The molecular formula is C11H15N3. The number of rotatable bonds is 1. The Labute approximate surface area is 84.0 Å². The van der Waals surface area contributed by atoms with Crippen LogP contribution in [0.2, 0.25) is 0 Å². The van der Waals surface area contributed by atoms with Gasteiger partial charge in [-0.05, 0) is 12.0 Å². The molecule has 1 heterocycles. The molecule has 3 N–H and O–H groups in total. The van der Waals surface area contributed by atoms with E-state index in [4.69, 9.17) is 11.1 Å². The average molecular weight is 189 g/mol. The zero-order valence-electron chi connectivity index (χ0n) is 8.11. The monoisotopic (exact) mass is 189 g/mol. The molecule has 3 nitrogen and oxygen atoms in total. The van der Waals surface area contributed by atoms with Gasteiger partial charge in [-0.1, -0.05) is 30.3 Å². The first kappa shape index (κ1) is 9.06. The van der Waals surface area contributed by atoms with Crippen molar-refractivity contribution in [2.45, 2.75) is 12.3 Å². The summed E-state index contributed by atoms with van der Waals surface area (Å²) in [7, 11) is 0. The summed E-state index contributed by atoms with van der Waals surface area (Å²) < 4.78 is 0. The molecule has 0 aliphatic carbocycles. The smallest absolute Gasteiger partial charge is 0.188 e. The molecule has 1 saturated heterocycles. The maximum Gasteiger partial charge on any atom is 0.188 e. The Balaban J connectivity index is 2.06. The van der Waals surface area contributed by atoms with Crippen molar-refractivity contribution in [1.29, 1.82) is 5.41 Å². The molecule has 1 atom stereocenters. The quantitative estimate of drug-likeness (QED) is 0.518. The third-order valence-corrected chi connectivity index (χ3v) is 2.80. The zero-order chi connectivity index (χ0) is 9.97. The van der Waals surface area contributed by atoms with Crippen molar-refractivity contribution >= 4 is 5.96 Å². The molecule has 0 amide bonds. The Hall–Kier alpha value is -1.51. The van der Waals surface area contributed by atoms with Crippen LogP contribution in [0.3, 0.4) is 0 Å². The number of hydrogen-bond acceptors (Lipinski definition) is 1. The minimum Gasteiger partial charge on any atom is -0.370 e. The van der Waals surface area contributed by atoms with Gasteiger partial charge in [0.2, 0.25) is 0 Å². The second-order valence-corrected chi connectivity index (χ2v) is 3.73. The van der Waals surface area contributed by atoms with Gasteiger partial charge in [0.15, 0.2) is 5.96 Å². The summed E-state index contributed by atoms with van der Waals surface area (Å²) in [5, 5.41) is 7.35. The number of nitrogens with two attached hydrogens (primary N) is 1. The van der Waals surface area contributed by atoms with E-state index in [2.05, 4.69) is 24.3 Å². The summed E-state index contributed by atoms with van der Waals surface area (Å²) in [6, 6.07) is 10.4. The van der Waals surface area contributed by atoms with Crippen LogP contribution in [0.15, 0.2) is 30.3 Å². The van der Waals surface area contributed by atoms with Gasteiger partial charge in [-0.2, -0.15) is 0 Å². The third kappa shape index (κ3) is 1.71. The normalized spacial score (nSPS) is 21.1. The van der Waals surface area contributed by atoms with Crippen LogP contribution in [0, 0.1) is 5.41 Å². The third-order valence-electron chi connectivity index (χ3n) is 2.80. The van der Waals surface area contributed by atoms with Crippen LogP contribution < -0.4 is 5.73 Å². The van der Waals surface area contributed by atoms with Crippen LogP contribution in [-0.2, 0) is 0 Å². The Morgan fingerprint density at radius 1 is 1.36 bits per heavy atom. The van der Waals surface area contributed by atoms with Crippen molar-refractivity contribution in [3.05, 3.63) is 35.9 Å². The Kier molecular flexibility index (Phi) is 2.39. The van der Waals surface area contributed by atoms with Crippen molar-refractivity contribution < 1.29 is 0 Å². The van der Waals surface area contributed by atoms with E-state index in [0.717, 1.165) is 19.5 Å². The summed E-state index contributed by atoms with van der Waals surface area (Å²) in [4.78, 5) is 1.93. The molecule has 2 rings (SSSR count). The molecule has 0 bridgehead atoms. The standard InChI is InChI=1S/C11H15N3/c12-11(13)14-7-6-10(8-14)9-4-2-1-3-5-9/h1-5,10H,6-8H2,(H3,12,13). The number of guanidine groups is 1.